The summed E-state index contributed by atoms with van der Waals surface area (Å²) in [6.45, 7) is 1.89. The normalized spacial score (nSPS) is 10.2. The molecule has 0 spiro atoms. The smallest absolute Gasteiger partial charge is 0.303 e. The minimum Gasteiger partial charge on any atom is -0.481 e. The second-order valence-corrected chi connectivity index (χ2v) is 2.79. The van der Waals surface area contributed by atoms with Crippen molar-refractivity contribution in [3.05, 3.63) is 17.5 Å². The summed E-state index contributed by atoms with van der Waals surface area (Å²) >= 11 is 0. The second kappa shape index (κ2) is 3.38. The van der Waals surface area contributed by atoms with Gasteiger partial charge in [0.05, 0.1) is 12.1 Å². The predicted octanol–water partition coefficient (Wildman–Crippen LogP) is 0.746. The highest BCUT2D eigenvalue weighted by molar-refractivity contribution is 5.66. The molecule has 0 saturated heterocycles. The molecule has 4 heteroatoms. The molecule has 0 atom stereocenters. The molecule has 0 aliphatic carbocycles. The van der Waals surface area contributed by atoms with Crippen LogP contribution < -0.4 is 0 Å². The maximum absolute atomic E-state index is 10.3. The third-order valence-corrected chi connectivity index (χ3v) is 1.69. The Balaban J connectivity index is 2.62. The van der Waals surface area contributed by atoms with Crippen LogP contribution in [0.25, 0.3) is 0 Å². The molecule has 0 aliphatic heterocycles. The number of rotatable bonds is 3. The van der Waals surface area contributed by atoms with Crippen molar-refractivity contribution in [2.24, 2.45) is 7.05 Å². The number of nitrogens with zero attached hydrogens (tertiary/aromatic N) is 2. The molecule has 0 amide bonds. The molecule has 0 bridgehead atoms. The van der Waals surface area contributed by atoms with Crippen LogP contribution in [0.2, 0.25) is 0 Å². The van der Waals surface area contributed by atoms with Gasteiger partial charge in [-0.1, -0.05) is 0 Å². The molecule has 1 aromatic rings. The van der Waals surface area contributed by atoms with E-state index in [1.807, 2.05) is 20.0 Å². The Morgan fingerprint density at radius 2 is 2.42 bits per heavy atom. The molecular weight excluding hydrogens is 156 g/mol. The van der Waals surface area contributed by atoms with Crippen LogP contribution in [0.3, 0.4) is 0 Å². The van der Waals surface area contributed by atoms with Crippen molar-refractivity contribution in [2.75, 3.05) is 0 Å². The number of carboxylic acid groups (broad SMARTS) is 1. The molecule has 12 heavy (non-hydrogen) atoms. The molecule has 0 unspecified atom stereocenters. The maximum atomic E-state index is 10.3. The summed E-state index contributed by atoms with van der Waals surface area (Å²) in [5.74, 6) is -0.770. The zero-order chi connectivity index (χ0) is 9.14. The lowest BCUT2D eigenvalue weighted by Crippen LogP contribution is -2.02. The van der Waals surface area contributed by atoms with E-state index >= 15 is 0 Å². The van der Waals surface area contributed by atoms with Crippen molar-refractivity contribution in [3.8, 4) is 0 Å². The van der Waals surface area contributed by atoms with Crippen LogP contribution in [-0.4, -0.2) is 20.9 Å². The summed E-state index contributed by atoms with van der Waals surface area (Å²) in [5, 5.41) is 12.6. The predicted molar refractivity (Wildman–Crippen MR) is 43.9 cm³/mol. The van der Waals surface area contributed by atoms with E-state index in [9.17, 15) is 4.79 Å². The lowest BCUT2D eigenvalue weighted by molar-refractivity contribution is -0.136. The van der Waals surface area contributed by atoms with E-state index in [-0.39, 0.29) is 6.42 Å². The van der Waals surface area contributed by atoms with Crippen molar-refractivity contribution in [3.63, 3.8) is 0 Å². The quantitative estimate of drug-likeness (QED) is 0.724. The Bertz CT molecular complexity index is 291. The van der Waals surface area contributed by atoms with Crippen LogP contribution in [0.1, 0.15) is 17.8 Å². The standard InChI is InChI=1S/C8H12N2O2/c1-6-5-7(10(2)9-6)3-4-8(11)12/h5H,3-4H2,1-2H3,(H,11,12). The van der Waals surface area contributed by atoms with Gasteiger partial charge in [-0.3, -0.25) is 9.48 Å². The number of carbonyl (C=O) groups is 1. The van der Waals surface area contributed by atoms with E-state index in [0.717, 1.165) is 11.4 Å². The van der Waals surface area contributed by atoms with Crippen LogP contribution in [-0.2, 0) is 18.3 Å². The van der Waals surface area contributed by atoms with Crippen LogP contribution in [0.5, 0.6) is 0 Å². The lowest BCUT2D eigenvalue weighted by Gasteiger charge is -1.97. The van der Waals surface area contributed by atoms with E-state index in [1.54, 1.807) is 4.68 Å². The minimum absolute atomic E-state index is 0.166. The summed E-state index contributed by atoms with van der Waals surface area (Å²) in [4.78, 5) is 10.3. The molecule has 0 radical (unpaired) electrons. The van der Waals surface area contributed by atoms with Crippen LogP contribution in [0.4, 0.5) is 0 Å². The summed E-state index contributed by atoms with van der Waals surface area (Å²) in [6, 6.07) is 1.91. The van der Waals surface area contributed by atoms with Gasteiger partial charge in [0.1, 0.15) is 0 Å². The van der Waals surface area contributed by atoms with Gasteiger partial charge in [-0.05, 0) is 19.4 Å². The number of hydrogen-bond acceptors (Lipinski definition) is 2. The van der Waals surface area contributed by atoms with Gasteiger partial charge in [0.25, 0.3) is 0 Å². The van der Waals surface area contributed by atoms with E-state index in [0.29, 0.717) is 6.42 Å². The van der Waals surface area contributed by atoms with E-state index in [2.05, 4.69) is 5.10 Å². The highest BCUT2D eigenvalue weighted by Gasteiger charge is 2.03. The van der Waals surface area contributed by atoms with Crippen LogP contribution in [0.15, 0.2) is 6.07 Å². The Kier molecular flexibility index (Phi) is 2.47. The molecular formula is C8H12N2O2. The number of aromatic nitrogens is 2. The van der Waals surface area contributed by atoms with Gasteiger partial charge in [-0.2, -0.15) is 5.10 Å². The highest BCUT2D eigenvalue weighted by atomic mass is 16.4. The van der Waals surface area contributed by atoms with Gasteiger partial charge in [0.2, 0.25) is 0 Å². The summed E-state index contributed by atoms with van der Waals surface area (Å²) in [6.07, 6.45) is 0.714. The average Bonchev–Trinajstić information content (AvgIpc) is 2.26. The van der Waals surface area contributed by atoms with Crippen molar-refractivity contribution in [2.45, 2.75) is 19.8 Å². The monoisotopic (exact) mass is 168 g/mol. The fourth-order valence-corrected chi connectivity index (χ4v) is 1.13. The molecule has 4 nitrogen and oxygen atoms in total. The first kappa shape index (κ1) is 8.77. The first-order valence-electron chi connectivity index (χ1n) is 3.81. The zero-order valence-electron chi connectivity index (χ0n) is 7.24. The lowest BCUT2D eigenvalue weighted by atomic mass is 10.2. The summed E-state index contributed by atoms with van der Waals surface area (Å²) < 4.78 is 1.72. The largest absolute Gasteiger partial charge is 0.481 e. The fraction of sp³-hybridized carbons (Fsp3) is 0.500. The molecule has 1 N–H and O–H groups in total. The van der Waals surface area contributed by atoms with Crippen molar-refractivity contribution < 1.29 is 9.90 Å². The number of hydrogen-bond donors (Lipinski definition) is 1. The van der Waals surface area contributed by atoms with Gasteiger partial charge >= 0.3 is 5.97 Å². The highest BCUT2D eigenvalue weighted by Crippen LogP contribution is 2.04. The van der Waals surface area contributed by atoms with E-state index < -0.39 is 5.97 Å². The topological polar surface area (TPSA) is 55.1 Å². The zero-order valence-corrected chi connectivity index (χ0v) is 7.24. The summed E-state index contributed by atoms with van der Waals surface area (Å²) in [7, 11) is 1.82. The molecule has 0 aromatic carbocycles. The Labute approximate surface area is 70.8 Å². The summed E-state index contributed by atoms with van der Waals surface area (Å²) in [5.41, 5.74) is 1.90. The molecule has 1 aromatic heterocycles. The molecule has 66 valence electrons. The maximum Gasteiger partial charge on any atom is 0.303 e. The van der Waals surface area contributed by atoms with Crippen LogP contribution >= 0.6 is 0 Å². The number of aliphatic carboxylic acids is 1. The SMILES string of the molecule is Cc1cc(CCC(=O)O)n(C)n1. The molecule has 0 aliphatic rings. The van der Waals surface area contributed by atoms with Gasteiger partial charge in [-0.15, -0.1) is 0 Å². The minimum atomic E-state index is -0.770. The molecule has 0 fully saturated rings. The van der Waals surface area contributed by atoms with E-state index in [1.165, 1.54) is 0 Å². The number of carboxylic acids is 1. The van der Waals surface area contributed by atoms with Crippen LogP contribution in [0, 0.1) is 6.92 Å². The van der Waals surface area contributed by atoms with Gasteiger partial charge in [0, 0.05) is 12.7 Å². The van der Waals surface area contributed by atoms with Gasteiger partial charge < -0.3 is 5.11 Å². The van der Waals surface area contributed by atoms with Crippen molar-refractivity contribution >= 4 is 5.97 Å². The Morgan fingerprint density at radius 1 is 1.75 bits per heavy atom. The fourth-order valence-electron chi connectivity index (χ4n) is 1.13. The first-order valence-corrected chi connectivity index (χ1v) is 3.81. The molecule has 0 saturated carbocycles. The molecule has 1 heterocycles. The molecule has 1 rings (SSSR count). The first-order chi connectivity index (χ1) is 5.59. The average molecular weight is 168 g/mol. The third-order valence-electron chi connectivity index (χ3n) is 1.69. The van der Waals surface area contributed by atoms with Crippen molar-refractivity contribution in [1.29, 1.82) is 0 Å². The van der Waals surface area contributed by atoms with Gasteiger partial charge in [0.15, 0.2) is 0 Å². The van der Waals surface area contributed by atoms with Crippen molar-refractivity contribution in [1.82, 2.24) is 9.78 Å². The third kappa shape index (κ3) is 2.08. The Hall–Kier alpha value is -1.32. The number of aryl methyl sites for hydroxylation is 3. The van der Waals surface area contributed by atoms with E-state index in [4.69, 9.17) is 5.11 Å². The Morgan fingerprint density at radius 3 is 2.83 bits per heavy atom. The second-order valence-electron chi connectivity index (χ2n) is 2.79. The van der Waals surface area contributed by atoms with Gasteiger partial charge in [-0.25, -0.2) is 0 Å².